The van der Waals surface area contributed by atoms with Gasteiger partial charge in [-0.2, -0.15) is 0 Å². The maximum Gasteiger partial charge on any atom is 0.354 e. The molecule has 37 heavy (non-hydrogen) atoms. The highest BCUT2D eigenvalue weighted by molar-refractivity contribution is 7.92. The number of furan rings is 1. The number of hydrogen-bond donors (Lipinski definition) is 1. The van der Waals surface area contributed by atoms with Gasteiger partial charge in [-0.15, -0.1) is 11.3 Å². The van der Waals surface area contributed by atoms with Gasteiger partial charge in [-0.3, -0.25) is 9.59 Å². The standard InChI is InChI=1S/C26H23NO8S2/c1-26(2)10-13-18(14(28)11-26)25(37(4,31)32)36-22(13)24(30)35-17-9-16-19(20(23(27)29)21(17)33-3)12-7-5-6-8-15(12)34-16/h5-9H,10-11H2,1-4H3,(H2,27,29). The average Bonchev–Trinajstić information content (AvgIpc) is 3.35. The molecule has 0 atom stereocenters. The van der Waals surface area contributed by atoms with E-state index in [1.165, 1.54) is 13.2 Å². The minimum Gasteiger partial charge on any atom is -0.492 e. The van der Waals surface area contributed by atoms with Crippen LogP contribution in [0.2, 0.25) is 0 Å². The van der Waals surface area contributed by atoms with Crippen LogP contribution in [0.4, 0.5) is 0 Å². The number of thiophene rings is 1. The number of nitrogens with two attached hydrogens (primary N) is 1. The van der Waals surface area contributed by atoms with E-state index in [0.29, 0.717) is 39.7 Å². The lowest BCUT2D eigenvalue weighted by Gasteiger charge is -2.29. The second-order valence-corrected chi connectivity index (χ2v) is 13.0. The van der Waals surface area contributed by atoms with Crippen LogP contribution in [0.25, 0.3) is 21.9 Å². The van der Waals surface area contributed by atoms with Crippen molar-refractivity contribution in [3.8, 4) is 11.5 Å². The summed E-state index contributed by atoms with van der Waals surface area (Å²) in [6, 6.07) is 8.47. The lowest BCUT2D eigenvalue weighted by Crippen LogP contribution is -2.28. The van der Waals surface area contributed by atoms with Crippen molar-refractivity contribution >= 4 is 60.8 Å². The van der Waals surface area contributed by atoms with Crippen molar-refractivity contribution in [3.63, 3.8) is 0 Å². The van der Waals surface area contributed by atoms with Crippen LogP contribution in [0.1, 0.15) is 56.2 Å². The Hall–Kier alpha value is -3.70. The van der Waals surface area contributed by atoms with Gasteiger partial charge in [-0.25, -0.2) is 13.2 Å². The molecule has 4 aromatic rings. The minimum absolute atomic E-state index is 0.00364. The summed E-state index contributed by atoms with van der Waals surface area (Å²) in [5, 5.41) is 1.05. The van der Waals surface area contributed by atoms with E-state index >= 15 is 0 Å². The van der Waals surface area contributed by atoms with Crippen LogP contribution in [0, 0.1) is 5.41 Å². The SMILES string of the molecule is COc1c(OC(=O)c2sc(S(C)(=O)=O)c3c2CC(C)(C)CC3=O)cc2oc3ccccc3c2c1C(N)=O. The predicted molar refractivity (Wildman–Crippen MR) is 138 cm³/mol. The molecule has 0 unspecified atom stereocenters. The van der Waals surface area contributed by atoms with Crippen LogP contribution < -0.4 is 15.2 Å². The van der Waals surface area contributed by atoms with Crippen molar-refractivity contribution in [2.75, 3.05) is 13.4 Å². The highest BCUT2D eigenvalue weighted by Crippen LogP contribution is 2.45. The van der Waals surface area contributed by atoms with Gasteiger partial charge in [0, 0.05) is 29.5 Å². The number of ketones is 1. The molecule has 192 valence electrons. The molecule has 0 saturated carbocycles. The van der Waals surface area contributed by atoms with Gasteiger partial charge >= 0.3 is 5.97 Å². The number of primary amides is 1. The molecule has 2 heterocycles. The molecule has 1 aliphatic carbocycles. The highest BCUT2D eigenvalue weighted by atomic mass is 32.2. The molecule has 0 spiro atoms. The van der Waals surface area contributed by atoms with Gasteiger partial charge in [-0.1, -0.05) is 32.0 Å². The van der Waals surface area contributed by atoms with Crippen molar-refractivity contribution in [3.05, 3.63) is 51.9 Å². The van der Waals surface area contributed by atoms with E-state index in [1.54, 1.807) is 24.3 Å². The fourth-order valence-electron chi connectivity index (χ4n) is 4.89. The number of sulfone groups is 1. The number of carbonyl (C=O) groups excluding carboxylic acids is 3. The fraction of sp³-hybridized carbons (Fsp3) is 0.269. The zero-order valence-corrected chi connectivity index (χ0v) is 22.1. The number of methoxy groups -OCH3 is 1. The number of fused-ring (bicyclic) bond motifs is 4. The Labute approximate surface area is 216 Å². The van der Waals surface area contributed by atoms with Gasteiger partial charge in [0.05, 0.1) is 18.2 Å². The van der Waals surface area contributed by atoms with Crippen LogP contribution in [-0.4, -0.2) is 39.4 Å². The summed E-state index contributed by atoms with van der Waals surface area (Å²) < 4.78 is 41.8. The number of carbonyl (C=O) groups is 3. The van der Waals surface area contributed by atoms with Gasteiger partial charge in [0.2, 0.25) is 0 Å². The highest BCUT2D eigenvalue weighted by Gasteiger charge is 2.40. The molecule has 1 aliphatic rings. The van der Waals surface area contributed by atoms with E-state index in [-0.39, 0.29) is 49.5 Å². The monoisotopic (exact) mass is 541 g/mol. The molecular weight excluding hydrogens is 518 g/mol. The molecule has 0 radical (unpaired) electrons. The minimum atomic E-state index is -3.79. The molecule has 9 nitrogen and oxygen atoms in total. The van der Waals surface area contributed by atoms with E-state index in [2.05, 4.69) is 0 Å². The maximum atomic E-state index is 13.5. The Kier molecular flexibility index (Phi) is 5.68. The van der Waals surface area contributed by atoms with Gasteiger partial charge in [0.25, 0.3) is 5.91 Å². The van der Waals surface area contributed by atoms with Crippen molar-refractivity contribution in [2.24, 2.45) is 11.1 Å². The third-order valence-corrected chi connectivity index (χ3v) is 9.35. The predicted octanol–water partition coefficient (Wildman–Crippen LogP) is 4.53. The summed E-state index contributed by atoms with van der Waals surface area (Å²) >= 11 is 0.706. The third kappa shape index (κ3) is 4.08. The summed E-state index contributed by atoms with van der Waals surface area (Å²) in [5.41, 5.74) is 6.35. The first-order valence-corrected chi connectivity index (χ1v) is 14.0. The fourth-order valence-corrected chi connectivity index (χ4v) is 7.30. The molecule has 5 rings (SSSR count). The smallest absolute Gasteiger partial charge is 0.354 e. The third-order valence-electron chi connectivity index (χ3n) is 6.31. The summed E-state index contributed by atoms with van der Waals surface area (Å²) in [7, 11) is -2.48. The van der Waals surface area contributed by atoms with Crippen LogP contribution in [-0.2, 0) is 16.3 Å². The lowest BCUT2D eigenvalue weighted by molar-refractivity contribution is 0.0731. The lowest BCUT2D eigenvalue weighted by atomic mass is 9.74. The van der Waals surface area contributed by atoms with Gasteiger partial charge < -0.3 is 19.6 Å². The van der Waals surface area contributed by atoms with Gasteiger partial charge in [-0.05, 0) is 23.5 Å². The van der Waals surface area contributed by atoms with Gasteiger partial charge in [0.1, 0.15) is 20.3 Å². The van der Waals surface area contributed by atoms with E-state index in [1.807, 2.05) is 13.8 Å². The number of esters is 1. The number of benzene rings is 2. The molecule has 2 aromatic carbocycles. The molecule has 1 amide bonds. The Morgan fingerprint density at radius 2 is 1.84 bits per heavy atom. The zero-order chi connectivity index (χ0) is 26.9. The quantitative estimate of drug-likeness (QED) is 0.287. The second-order valence-electron chi connectivity index (χ2n) is 9.79. The Morgan fingerprint density at radius 3 is 2.49 bits per heavy atom. The first kappa shape index (κ1) is 25.0. The van der Waals surface area contributed by atoms with Crippen molar-refractivity contribution < 1.29 is 36.7 Å². The second kappa shape index (κ2) is 8.42. The van der Waals surface area contributed by atoms with Crippen LogP contribution >= 0.6 is 11.3 Å². The number of hydrogen-bond acceptors (Lipinski definition) is 9. The largest absolute Gasteiger partial charge is 0.492 e. The molecule has 0 aliphatic heterocycles. The van der Waals surface area contributed by atoms with Crippen LogP contribution in [0.3, 0.4) is 0 Å². The van der Waals surface area contributed by atoms with E-state index < -0.39 is 27.1 Å². The number of Topliss-reactive ketones (excluding diaryl/α,β-unsaturated/α-hetero) is 1. The van der Waals surface area contributed by atoms with Gasteiger partial charge in [0.15, 0.2) is 27.1 Å². The number of amides is 1. The van der Waals surface area contributed by atoms with E-state index in [0.717, 1.165) is 6.26 Å². The first-order valence-electron chi connectivity index (χ1n) is 11.3. The summed E-state index contributed by atoms with van der Waals surface area (Å²) in [5.74, 6) is -2.22. The van der Waals surface area contributed by atoms with Crippen LogP contribution in [0.5, 0.6) is 11.5 Å². The molecule has 11 heteroatoms. The van der Waals surface area contributed by atoms with Crippen molar-refractivity contribution in [1.82, 2.24) is 0 Å². The summed E-state index contributed by atoms with van der Waals surface area (Å²) in [6.07, 6.45) is 1.47. The Morgan fingerprint density at radius 1 is 1.14 bits per heavy atom. The molecule has 2 aromatic heterocycles. The van der Waals surface area contributed by atoms with Crippen molar-refractivity contribution in [1.29, 1.82) is 0 Å². The molecular formula is C26H23NO8S2. The summed E-state index contributed by atoms with van der Waals surface area (Å²) in [6.45, 7) is 3.75. The first-order chi connectivity index (χ1) is 17.3. The summed E-state index contributed by atoms with van der Waals surface area (Å²) in [4.78, 5) is 38.9. The average molecular weight is 542 g/mol. The van der Waals surface area contributed by atoms with E-state index in [4.69, 9.17) is 19.6 Å². The Balaban J connectivity index is 1.69. The number of ether oxygens (including phenoxy) is 2. The molecule has 2 N–H and O–H groups in total. The van der Waals surface area contributed by atoms with Crippen molar-refractivity contribution in [2.45, 2.75) is 30.9 Å². The molecule has 0 fully saturated rings. The topological polar surface area (TPSA) is 143 Å². The number of rotatable bonds is 5. The molecule has 0 saturated heterocycles. The Bertz CT molecular complexity index is 1760. The zero-order valence-electron chi connectivity index (χ0n) is 20.5. The van der Waals surface area contributed by atoms with E-state index in [9.17, 15) is 22.8 Å². The maximum absolute atomic E-state index is 13.5. The van der Waals surface area contributed by atoms with Crippen LogP contribution in [0.15, 0.2) is 39.0 Å². The number of para-hydroxylation sites is 1. The normalized spacial score (nSPS) is 15.1. The molecule has 0 bridgehead atoms.